The Kier molecular flexibility index (Phi) is 8.40. The number of hydrogen-bond donors (Lipinski definition) is 0. The second-order valence-corrected chi connectivity index (χ2v) is 3.19. The van der Waals surface area contributed by atoms with E-state index in [2.05, 4.69) is 20.8 Å². The molecule has 1 atom stereocenters. The van der Waals surface area contributed by atoms with Crippen molar-refractivity contribution in [2.24, 2.45) is 5.92 Å². The predicted octanol–water partition coefficient (Wildman–Crippen LogP) is 1.87. The van der Waals surface area contributed by atoms with Crippen LogP contribution in [0.1, 0.15) is 20.8 Å². The third-order valence-corrected chi connectivity index (χ3v) is 1.37. The summed E-state index contributed by atoms with van der Waals surface area (Å²) in [5.74, 6) is 0.516. The summed E-state index contributed by atoms with van der Waals surface area (Å²) in [5.41, 5.74) is 0. The van der Waals surface area contributed by atoms with Gasteiger partial charge in [0.2, 0.25) is 0 Å². The maximum absolute atomic E-state index is 5.47. The SMILES string of the molecule is [CH2]COCC(OCC)OCC(C)C. The summed E-state index contributed by atoms with van der Waals surface area (Å²) in [6.07, 6.45) is -0.242. The van der Waals surface area contributed by atoms with Gasteiger partial charge in [0.1, 0.15) is 0 Å². The van der Waals surface area contributed by atoms with Crippen LogP contribution in [0.4, 0.5) is 0 Å². The highest BCUT2D eigenvalue weighted by molar-refractivity contribution is 4.46. The lowest BCUT2D eigenvalue weighted by atomic mass is 10.2. The van der Waals surface area contributed by atoms with Gasteiger partial charge in [-0.25, -0.2) is 0 Å². The van der Waals surface area contributed by atoms with Crippen LogP contribution in [0.25, 0.3) is 0 Å². The molecule has 0 aliphatic rings. The van der Waals surface area contributed by atoms with E-state index in [0.717, 1.165) is 0 Å². The Bertz CT molecular complexity index is 104. The van der Waals surface area contributed by atoms with E-state index in [1.54, 1.807) is 0 Å². The van der Waals surface area contributed by atoms with Gasteiger partial charge in [0.25, 0.3) is 0 Å². The average molecular weight is 189 g/mol. The van der Waals surface area contributed by atoms with Crippen LogP contribution in [0.2, 0.25) is 0 Å². The fourth-order valence-electron chi connectivity index (χ4n) is 0.810. The average Bonchev–Trinajstić information content (AvgIpc) is 2.09. The van der Waals surface area contributed by atoms with Crippen molar-refractivity contribution in [3.63, 3.8) is 0 Å². The molecule has 1 unspecified atom stereocenters. The van der Waals surface area contributed by atoms with Crippen molar-refractivity contribution in [2.45, 2.75) is 27.1 Å². The summed E-state index contributed by atoms with van der Waals surface area (Å²) in [6, 6.07) is 0. The lowest BCUT2D eigenvalue weighted by molar-refractivity contribution is -0.172. The van der Waals surface area contributed by atoms with E-state index in [-0.39, 0.29) is 6.29 Å². The molecule has 0 aliphatic carbocycles. The molecule has 0 rings (SSSR count). The van der Waals surface area contributed by atoms with E-state index in [0.29, 0.717) is 32.3 Å². The van der Waals surface area contributed by atoms with Crippen molar-refractivity contribution in [3.05, 3.63) is 6.92 Å². The number of ether oxygens (including phenoxy) is 3. The molecule has 0 amide bonds. The van der Waals surface area contributed by atoms with Gasteiger partial charge in [-0.1, -0.05) is 13.8 Å². The first-order chi connectivity index (χ1) is 6.20. The molecule has 0 aromatic rings. The van der Waals surface area contributed by atoms with Crippen LogP contribution in [0.5, 0.6) is 0 Å². The highest BCUT2D eigenvalue weighted by atomic mass is 16.7. The fourth-order valence-corrected chi connectivity index (χ4v) is 0.810. The second-order valence-electron chi connectivity index (χ2n) is 3.19. The first-order valence-corrected chi connectivity index (χ1v) is 4.80. The number of hydrogen-bond acceptors (Lipinski definition) is 3. The van der Waals surface area contributed by atoms with E-state index >= 15 is 0 Å². The molecule has 0 fully saturated rings. The maximum Gasteiger partial charge on any atom is 0.180 e. The molecule has 0 heterocycles. The molecular weight excluding hydrogens is 168 g/mol. The lowest BCUT2D eigenvalue weighted by Gasteiger charge is -2.18. The van der Waals surface area contributed by atoms with Crippen molar-refractivity contribution < 1.29 is 14.2 Å². The van der Waals surface area contributed by atoms with E-state index < -0.39 is 0 Å². The number of rotatable bonds is 8. The van der Waals surface area contributed by atoms with Crippen LogP contribution in [0, 0.1) is 12.8 Å². The van der Waals surface area contributed by atoms with Crippen molar-refractivity contribution in [3.8, 4) is 0 Å². The Balaban J connectivity index is 3.53. The zero-order chi connectivity index (χ0) is 10.1. The van der Waals surface area contributed by atoms with Crippen LogP contribution in [-0.4, -0.2) is 32.7 Å². The summed E-state index contributed by atoms with van der Waals surface area (Å²) >= 11 is 0. The monoisotopic (exact) mass is 189 g/mol. The van der Waals surface area contributed by atoms with Crippen LogP contribution < -0.4 is 0 Å². The van der Waals surface area contributed by atoms with Crippen LogP contribution in [0.15, 0.2) is 0 Å². The van der Waals surface area contributed by atoms with Gasteiger partial charge in [0, 0.05) is 13.2 Å². The van der Waals surface area contributed by atoms with E-state index in [4.69, 9.17) is 14.2 Å². The Morgan fingerprint density at radius 2 is 1.85 bits per heavy atom. The zero-order valence-corrected chi connectivity index (χ0v) is 8.91. The van der Waals surface area contributed by atoms with Crippen molar-refractivity contribution in [2.75, 3.05) is 26.4 Å². The van der Waals surface area contributed by atoms with E-state index in [9.17, 15) is 0 Å². The third-order valence-electron chi connectivity index (χ3n) is 1.37. The quantitative estimate of drug-likeness (QED) is 0.546. The van der Waals surface area contributed by atoms with Crippen LogP contribution in [-0.2, 0) is 14.2 Å². The van der Waals surface area contributed by atoms with E-state index in [1.165, 1.54) is 0 Å². The molecule has 0 saturated heterocycles. The molecule has 13 heavy (non-hydrogen) atoms. The van der Waals surface area contributed by atoms with E-state index in [1.807, 2.05) is 6.92 Å². The smallest absolute Gasteiger partial charge is 0.180 e. The lowest BCUT2D eigenvalue weighted by Crippen LogP contribution is -2.25. The molecule has 0 spiro atoms. The molecule has 0 aromatic carbocycles. The minimum Gasteiger partial charge on any atom is -0.376 e. The van der Waals surface area contributed by atoms with Gasteiger partial charge in [-0.15, -0.1) is 0 Å². The highest BCUT2D eigenvalue weighted by Crippen LogP contribution is 2.00. The first kappa shape index (κ1) is 12.9. The second kappa shape index (κ2) is 8.48. The molecule has 0 aromatic heterocycles. The van der Waals surface area contributed by atoms with Gasteiger partial charge in [-0.05, 0) is 19.8 Å². The van der Waals surface area contributed by atoms with Gasteiger partial charge >= 0.3 is 0 Å². The molecular formula is C10H21O3. The summed E-state index contributed by atoms with van der Waals surface area (Å²) in [6.45, 7) is 12.0. The molecule has 0 saturated carbocycles. The van der Waals surface area contributed by atoms with Crippen molar-refractivity contribution >= 4 is 0 Å². The highest BCUT2D eigenvalue weighted by Gasteiger charge is 2.08. The van der Waals surface area contributed by atoms with Gasteiger partial charge in [0.15, 0.2) is 6.29 Å². The zero-order valence-electron chi connectivity index (χ0n) is 8.91. The molecule has 3 nitrogen and oxygen atoms in total. The van der Waals surface area contributed by atoms with Crippen molar-refractivity contribution in [1.82, 2.24) is 0 Å². The first-order valence-electron chi connectivity index (χ1n) is 4.80. The molecule has 0 aliphatic heterocycles. The largest absolute Gasteiger partial charge is 0.376 e. The molecule has 0 N–H and O–H groups in total. The summed E-state index contributed by atoms with van der Waals surface area (Å²) in [4.78, 5) is 0. The Morgan fingerprint density at radius 3 is 2.31 bits per heavy atom. The van der Waals surface area contributed by atoms with Gasteiger partial charge in [-0.2, -0.15) is 0 Å². The third kappa shape index (κ3) is 8.22. The summed E-state index contributed by atoms with van der Waals surface area (Å²) < 4.78 is 15.9. The fraction of sp³-hybridized carbons (Fsp3) is 0.900. The van der Waals surface area contributed by atoms with Gasteiger partial charge in [-0.3, -0.25) is 0 Å². The summed E-state index contributed by atoms with van der Waals surface area (Å²) in [5, 5.41) is 0. The topological polar surface area (TPSA) is 27.7 Å². The van der Waals surface area contributed by atoms with Gasteiger partial charge < -0.3 is 14.2 Å². The normalized spacial score (nSPS) is 13.6. The minimum atomic E-state index is -0.242. The van der Waals surface area contributed by atoms with Crippen molar-refractivity contribution in [1.29, 1.82) is 0 Å². The Hall–Kier alpha value is -0.120. The standard InChI is InChI=1S/C10H21O3/c1-5-11-8-10(12-6-2)13-7-9(3)4/h9-10H,1,5-8H2,2-4H3. The van der Waals surface area contributed by atoms with Crippen LogP contribution >= 0.6 is 0 Å². The molecule has 0 bridgehead atoms. The van der Waals surface area contributed by atoms with Gasteiger partial charge in [0.05, 0.1) is 13.2 Å². The minimum absolute atomic E-state index is 0.242. The summed E-state index contributed by atoms with van der Waals surface area (Å²) in [7, 11) is 0. The molecule has 1 radical (unpaired) electrons. The molecule has 79 valence electrons. The molecule has 3 heteroatoms. The Labute approximate surface area is 81.4 Å². The maximum atomic E-state index is 5.47. The predicted molar refractivity (Wildman–Crippen MR) is 52.4 cm³/mol. The van der Waals surface area contributed by atoms with Crippen LogP contribution in [0.3, 0.4) is 0 Å². The Morgan fingerprint density at radius 1 is 1.15 bits per heavy atom.